The predicted octanol–water partition coefficient (Wildman–Crippen LogP) is 4.11. The Bertz CT molecular complexity index is 770. The second-order valence-corrected chi connectivity index (χ2v) is 5.90. The summed E-state index contributed by atoms with van der Waals surface area (Å²) >= 11 is 6.28. The first-order chi connectivity index (χ1) is 11.6. The summed E-state index contributed by atoms with van der Waals surface area (Å²) in [4.78, 5) is 4.14. The molecule has 3 rings (SSSR count). The highest BCUT2D eigenvalue weighted by Crippen LogP contribution is 2.29. The van der Waals surface area contributed by atoms with Gasteiger partial charge in [-0.05, 0) is 29.3 Å². The lowest BCUT2D eigenvalue weighted by molar-refractivity contribution is 0.0346. The van der Waals surface area contributed by atoms with Gasteiger partial charge in [0.15, 0.2) is 0 Å². The van der Waals surface area contributed by atoms with Crippen LogP contribution in [0.5, 0.6) is 0 Å². The fraction of sp³-hybridized carbons (Fsp3) is 0.222. The van der Waals surface area contributed by atoms with Gasteiger partial charge in [-0.3, -0.25) is 9.67 Å². The normalized spacial score (nSPS) is 12.3. The Labute approximate surface area is 144 Å². The van der Waals surface area contributed by atoms with Gasteiger partial charge in [0.1, 0.15) is 11.9 Å². The summed E-state index contributed by atoms with van der Waals surface area (Å²) in [6.07, 6.45) is 5.48. The first kappa shape index (κ1) is 16.6. The molecule has 0 bridgehead atoms. The van der Waals surface area contributed by atoms with Crippen LogP contribution in [0.4, 0.5) is 4.39 Å². The zero-order chi connectivity index (χ0) is 16.9. The molecule has 4 nitrogen and oxygen atoms in total. The van der Waals surface area contributed by atoms with Crippen molar-refractivity contribution < 1.29 is 9.13 Å². The molecular weight excluding hydrogens is 329 g/mol. The van der Waals surface area contributed by atoms with E-state index < -0.39 is 0 Å². The van der Waals surface area contributed by atoms with Gasteiger partial charge < -0.3 is 4.74 Å². The molecule has 0 spiro atoms. The van der Waals surface area contributed by atoms with Crippen molar-refractivity contribution in [2.75, 3.05) is 0 Å². The van der Waals surface area contributed by atoms with Gasteiger partial charge in [-0.15, -0.1) is 0 Å². The Balaban J connectivity index is 1.80. The average molecular weight is 346 g/mol. The number of aromatic nitrogens is 3. The Hall–Kier alpha value is -2.24. The molecule has 1 aromatic carbocycles. The Kier molecular flexibility index (Phi) is 5.23. The van der Waals surface area contributed by atoms with Crippen LogP contribution in [0.15, 0.2) is 55.0 Å². The molecule has 2 aromatic heterocycles. The van der Waals surface area contributed by atoms with Crippen molar-refractivity contribution in [1.82, 2.24) is 14.8 Å². The van der Waals surface area contributed by atoms with Crippen molar-refractivity contribution >= 4 is 11.6 Å². The van der Waals surface area contributed by atoms with Gasteiger partial charge in [0.2, 0.25) is 0 Å². The molecule has 0 saturated heterocycles. The van der Waals surface area contributed by atoms with Crippen LogP contribution in [0.3, 0.4) is 0 Å². The molecule has 0 amide bonds. The van der Waals surface area contributed by atoms with Gasteiger partial charge >= 0.3 is 0 Å². The molecule has 0 radical (unpaired) electrons. The molecule has 6 heteroatoms. The van der Waals surface area contributed by atoms with Crippen molar-refractivity contribution in [3.05, 3.63) is 82.6 Å². The zero-order valence-electron chi connectivity index (χ0n) is 13.2. The maximum absolute atomic E-state index is 13.0. The molecule has 3 aromatic rings. The standard InChI is InChI=1S/C18H17ClFN3O/c1-23-18(16(19)11-22-23)17(9-14-3-2-8-21-10-14)24-12-13-4-6-15(20)7-5-13/h2-8,10-11,17H,9,12H2,1H3. The number of aryl methyl sites for hydroxylation is 1. The highest BCUT2D eigenvalue weighted by Gasteiger charge is 2.21. The number of ether oxygens (including phenoxy) is 1. The number of hydrogen-bond donors (Lipinski definition) is 0. The Morgan fingerprint density at radius 2 is 1.96 bits per heavy atom. The molecule has 0 aliphatic carbocycles. The highest BCUT2D eigenvalue weighted by molar-refractivity contribution is 6.31. The van der Waals surface area contributed by atoms with Crippen LogP contribution in [-0.4, -0.2) is 14.8 Å². The summed E-state index contributed by atoms with van der Waals surface area (Å²) < 4.78 is 20.8. The molecule has 2 heterocycles. The van der Waals surface area contributed by atoms with Crippen molar-refractivity contribution in [3.63, 3.8) is 0 Å². The third kappa shape index (κ3) is 3.99. The zero-order valence-corrected chi connectivity index (χ0v) is 13.9. The van der Waals surface area contributed by atoms with E-state index in [0.29, 0.717) is 18.1 Å². The molecule has 0 aliphatic rings. The van der Waals surface area contributed by atoms with E-state index in [1.807, 2.05) is 19.2 Å². The predicted molar refractivity (Wildman–Crippen MR) is 90.1 cm³/mol. The van der Waals surface area contributed by atoms with Crippen molar-refractivity contribution in [3.8, 4) is 0 Å². The minimum absolute atomic E-state index is 0.264. The summed E-state index contributed by atoms with van der Waals surface area (Å²) in [5.74, 6) is -0.264. The highest BCUT2D eigenvalue weighted by atomic mass is 35.5. The van der Waals surface area contributed by atoms with E-state index in [0.717, 1.165) is 16.8 Å². The van der Waals surface area contributed by atoms with E-state index in [9.17, 15) is 4.39 Å². The second-order valence-electron chi connectivity index (χ2n) is 5.49. The first-order valence-electron chi connectivity index (χ1n) is 7.56. The molecule has 0 aliphatic heterocycles. The summed E-state index contributed by atoms with van der Waals surface area (Å²) in [5, 5.41) is 4.75. The van der Waals surface area contributed by atoms with E-state index in [-0.39, 0.29) is 11.9 Å². The van der Waals surface area contributed by atoms with Gasteiger partial charge in [0, 0.05) is 25.9 Å². The molecule has 1 unspecified atom stereocenters. The third-order valence-electron chi connectivity index (χ3n) is 3.75. The first-order valence-corrected chi connectivity index (χ1v) is 7.93. The monoisotopic (exact) mass is 345 g/mol. The summed E-state index contributed by atoms with van der Waals surface area (Å²) in [7, 11) is 1.83. The number of halogens is 2. The van der Waals surface area contributed by atoms with Crippen LogP contribution >= 0.6 is 11.6 Å². The quantitative estimate of drug-likeness (QED) is 0.675. The lowest BCUT2D eigenvalue weighted by Crippen LogP contribution is -2.13. The van der Waals surface area contributed by atoms with Gasteiger partial charge in [-0.25, -0.2) is 4.39 Å². The minimum Gasteiger partial charge on any atom is -0.367 e. The molecular formula is C18H17ClFN3O. The van der Waals surface area contributed by atoms with Crippen LogP contribution in [0.1, 0.15) is 22.9 Å². The molecule has 24 heavy (non-hydrogen) atoms. The van der Waals surface area contributed by atoms with E-state index in [1.165, 1.54) is 12.1 Å². The smallest absolute Gasteiger partial charge is 0.123 e. The van der Waals surface area contributed by atoms with Crippen molar-refractivity contribution in [2.24, 2.45) is 7.05 Å². The van der Waals surface area contributed by atoms with E-state index in [4.69, 9.17) is 16.3 Å². The fourth-order valence-electron chi connectivity index (χ4n) is 2.53. The number of nitrogens with zero attached hydrogens (tertiary/aromatic N) is 3. The van der Waals surface area contributed by atoms with E-state index in [2.05, 4.69) is 10.1 Å². The number of rotatable bonds is 6. The van der Waals surface area contributed by atoms with Gasteiger partial charge in [0.05, 0.1) is 23.5 Å². The Morgan fingerprint density at radius 1 is 1.17 bits per heavy atom. The molecule has 0 fully saturated rings. The van der Waals surface area contributed by atoms with E-state index in [1.54, 1.807) is 35.4 Å². The third-order valence-corrected chi connectivity index (χ3v) is 4.04. The van der Waals surface area contributed by atoms with Crippen molar-refractivity contribution in [2.45, 2.75) is 19.1 Å². The molecule has 1 atom stereocenters. The second kappa shape index (κ2) is 7.55. The van der Waals surface area contributed by atoms with Crippen LogP contribution in [0.25, 0.3) is 0 Å². The van der Waals surface area contributed by atoms with Crippen LogP contribution in [0, 0.1) is 5.82 Å². The van der Waals surface area contributed by atoms with E-state index >= 15 is 0 Å². The maximum atomic E-state index is 13.0. The van der Waals surface area contributed by atoms with Crippen LogP contribution < -0.4 is 0 Å². The number of hydrogen-bond acceptors (Lipinski definition) is 3. The molecule has 0 N–H and O–H groups in total. The van der Waals surface area contributed by atoms with Crippen LogP contribution in [-0.2, 0) is 24.8 Å². The summed E-state index contributed by atoms with van der Waals surface area (Å²) in [6, 6.07) is 10.1. The number of pyridine rings is 1. The van der Waals surface area contributed by atoms with Gasteiger partial charge in [0.25, 0.3) is 0 Å². The average Bonchev–Trinajstić information content (AvgIpc) is 2.93. The van der Waals surface area contributed by atoms with Gasteiger partial charge in [-0.2, -0.15) is 5.10 Å². The SMILES string of the molecule is Cn1ncc(Cl)c1C(Cc1cccnc1)OCc1ccc(F)cc1. The topological polar surface area (TPSA) is 39.9 Å². The lowest BCUT2D eigenvalue weighted by Gasteiger charge is -2.19. The van der Waals surface area contributed by atoms with Gasteiger partial charge in [-0.1, -0.05) is 29.8 Å². The molecule has 124 valence electrons. The lowest BCUT2D eigenvalue weighted by atomic mass is 10.1. The van der Waals surface area contributed by atoms with Crippen LogP contribution in [0.2, 0.25) is 5.02 Å². The number of benzene rings is 1. The summed E-state index contributed by atoms with van der Waals surface area (Å²) in [6.45, 7) is 0.354. The summed E-state index contributed by atoms with van der Waals surface area (Å²) in [5.41, 5.74) is 2.74. The maximum Gasteiger partial charge on any atom is 0.123 e. The minimum atomic E-state index is -0.278. The fourth-order valence-corrected chi connectivity index (χ4v) is 2.81. The molecule has 0 saturated carbocycles. The Morgan fingerprint density at radius 3 is 2.58 bits per heavy atom. The largest absolute Gasteiger partial charge is 0.367 e. The van der Waals surface area contributed by atoms with Crippen molar-refractivity contribution in [1.29, 1.82) is 0 Å².